The van der Waals surface area contributed by atoms with E-state index < -0.39 is 0 Å². The number of pyridine rings is 1. The molecule has 0 radical (unpaired) electrons. The molecule has 2 N–H and O–H groups in total. The molecular weight excluding hydrogens is 232 g/mol. The molecule has 2 heterocycles. The highest BCUT2D eigenvalue weighted by Gasteiger charge is 2.18. The van der Waals surface area contributed by atoms with Crippen LogP contribution in [0.5, 0.6) is 0 Å². The van der Waals surface area contributed by atoms with Crippen molar-refractivity contribution in [3.05, 3.63) is 40.7 Å². The minimum absolute atomic E-state index is 0.0326. The van der Waals surface area contributed by atoms with Crippen molar-refractivity contribution in [3.63, 3.8) is 0 Å². The first-order valence-corrected chi connectivity index (χ1v) is 6.42. The predicted octanol–water partition coefficient (Wildman–Crippen LogP) is 2.30. The van der Waals surface area contributed by atoms with Gasteiger partial charge >= 0.3 is 0 Å². The lowest BCUT2D eigenvalue weighted by atomic mass is 10.0. The zero-order valence-electron chi connectivity index (χ0n) is 10.00. The standard InChI is InChI=1S/C12H16N4S/c1-8(2)11-12(17-16-15-11)10(13)7-9-3-5-14-6-4-9/h3-6,8,10H,7,13H2,1-2H3. The lowest BCUT2D eigenvalue weighted by Gasteiger charge is -2.12. The van der Waals surface area contributed by atoms with Crippen LogP contribution in [0.4, 0.5) is 0 Å². The third-order valence-electron chi connectivity index (χ3n) is 2.63. The van der Waals surface area contributed by atoms with Crippen molar-refractivity contribution < 1.29 is 0 Å². The zero-order valence-corrected chi connectivity index (χ0v) is 10.8. The first-order chi connectivity index (χ1) is 8.18. The summed E-state index contributed by atoms with van der Waals surface area (Å²) in [7, 11) is 0. The molecule has 0 spiro atoms. The van der Waals surface area contributed by atoms with Crippen LogP contribution in [0.1, 0.15) is 41.9 Å². The van der Waals surface area contributed by atoms with E-state index in [0.29, 0.717) is 5.92 Å². The van der Waals surface area contributed by atoms with Crippen molar-refractivity contribution in [2.45, 2.75) is 32.2 Å². The summed E-state index contributed by atoms with van der Waals surface area (Å²) in [6.45, 7) is 4.22. The predicted molar refractivity (Wildman–Crippen MR) is 68.9 cm³/mol. The Kier molecular flexibility index (Phi) is 3.81. The van der Waals surface area contributed by atoms with Crippen LogP contribution in [0.3, 0.4) is 0 Å². The normalized spacial score (nSPS) is 12.9. The van der Waals surface area contributed by atoms with E-state index in [-0.39, 0.29) is 6.04 Å². The van der Waals surface area contributed by atoms with Crippen LogP contribution in [0.2, 0.25) is 0 Å². The highest BCUT2D eigenvalue weighted by Crippen LogP contribution is 2.26. The zero-order chi connectivity index (χ0) is 12.3. The Labute approximate surface area is 105 Å². The van der Waals surface area contributed by atoms with Gasteiger partial charge in [-0.1, -0.05) is 18.3 Å². The fourth-order valence-electron chi connectivity index (χ4n) is 1.73. The molecule has 5 heteroatoms. The minimum Gasteiger partial charge on any atom is -0.323 e. The average Bonchev–Trinajstić information content (AvgIpc) is 2.79. The van der Waals surface area contributed by atoms with E-state index in [2.05, 4.69) is 28.4 Å². The molecule has 0 saturated heterocycles. The van der Waals surface area contributed by atoms with Gasteiger partial charge in [0.15, 0.2) is 0 Å². The number of nitrogens with two attached hydrogens (primary N) is 1. The van der Waals surface area contributed by atoms with Crippen LogP contribution in [-0.2, 0) is 6.42 Å². The topological polar surface area (TPSA) is 64.7 Å². The Morgan fingerprint density at radius 2 is 2.00 bits per heavy atom. The van der Waals surface area contributed by atoms with Gasteiger partial charge in [-0.05, 0) is 41.6 Å². The fourth-order valence-corrected chi connectivity index (χ4v) is 2.53. The van der Waals surface area contributed by atoms with Crippen molar-refractivity contribution in [1.29, 1.82) is 0 Å². The van der Waals surface area contributed by atoms with Crippen LogP contribution in [0.15, 0.2) is 24.5 Å². The van der Waals surface area contributed by atoms with Crippen LogP contribution >= 0.6 is 11.5 Å². The molecule has 0 fully saturated rings. The summed E-state index contributed by atoms with van der Waals surface area (Å²) in [5.41, 5.74) is 8.44. The van der Waals surface area contributed by atoms with Crippen LogP contribution in [-0.4, -0.2) is 14.6 Å². The summed E-state index contributed by atoms with van der Waals surface area (Å²) in [5, 5.41) is 4.15. The summed E-state index contributed by atoms with van der Waals surface area (Å²) in [6, 6.07) is 3.95. The van der Waals surface area contributed by atoms with E-state index in [1.807, 2.05) is 12.1 Å². The smallest absolute Gasteiger partial charge is 0.0829 e. The number of hydrogen-bond donors (Lipinski definition) is 1. The fraction of sp³-hybridized carbons (Fsp3) is 0.417. The van der Waals surface area contributed by atoms with Gasteiger partial charge in [0.1, 0.15) is 0 Å². The minimum atomic E-state index is -0.0326. The second-order valence-electron chi connectivity index (χ2n) is 4.34. The molecule has 4 nitrogen and oxygen atoms in total. The van der Waals surface area contributed by atoms with Crippen molar-refractivity contribution in [3.8, 4) is 0 Å². The SMILES string of the molecule is CC(C)c1nnsc1C(N)Cc1ccncc1. The molecule has 90 valence electrons. The van der Waals surface area contributed by atoms with E-state index >= 15 is 0 Å². The molecule has 0 saturated carbocycles. The van der Waals surface area contributed by atoms with Gasteiger partial charge < -0.3 is 5.73 Å². The average molecular weight is 248 g/mol. The molecule has 1 atom stereocenters. The molecule has 0 aliphatic heterocycles. The molecule has 0 aliphatic rings. The van der Waals surface area contributed by atoms with Crippen molar-refractivity contribution in [2.75, 3.05) is 0 Å². The maximum atomic E-state index is 6.22. The van der Waals surface area contributed by atoms with Gasteiger partial charge in [0.2, 0.25) is 0 Å². The van der Waals surface area contributed by atoms with Crippen molar-refractivity contribution in [2.24, 2.45) is 5.73 Å². The van der Waals surface area contributed by atoms with Crippen LogP contribution < -0.4 is 5.73 Å². The van der Waals surface area contributed by atoms with E-state index in [4.69, 9.17) is 5.73 Å². The highest BCUT2D eigenvalue weighted by molar-refractivity contribution is 7.05. The number of aromatic nitrogens is 3. The Morgan fingerprint density at radius 3 is 2.65 bits per heavy atom. The van der Waals surface area contributed by atoms with Crippen molar-refractivity contribution >= 4 is 11.5 Å². The molecule has 0 aliphatic carbocycles. The number of hydrogen-bond acceptors (Lipinski definition) is 5. The molecule has 2 aromatic rings. The molecule has 0 aromatic carbocycles. The Hall–Kier alpha value is -1.33. The summed E-state index contributed by atoms with van der Waals surface area (Å²) in [4.78, 5) is 5.09. The first-order valence-electron chi connectivity index (χ1n) is 5.65. The van der Waals surface area contributed by atoms with Gasteiger partial charge in [-0.15, -0.1) is 5.10 Å². The molecule has 2 rings (SSSR count). The molecule has 0 bridgehead atoms. The monoisotopic (exact) mass is 248 g/mol. The summed E-state index contributed by atoms with van der Waals surface area (Å²) in [6.07, 6.45) is 4.37. The number of nitrogens with zero attached hydrogens (tertiary/aromatic N) is 3. The van der Waals surface area contributed by atoms with Gasteiger partial charge in [0.25, 0.3) is 0 Å². The molecule has 1 unspecified atom stereocenters. The van der Waals surface area contributed by atoms with E-state index in [1.165, 1.54) is 17.1 Å². The largest absolute Gasteiger partial charge is 0.323 e. The number of rotatable bonds is 4. The lowest BCUT2D eigenvalue weighted by molar-refractivity contribution is 0.700. The van der Waals surface area contributed by atoms with Crippen LogP contribution in [0.25, 0.3) is 0 Å². The van der Waals surface area contributed by atoms with Gasteiger partial charge in [-0.3, -0.25) is 4.98 Å². The summed E-state index contributed by atoms with van der Waals surface area (Å²) in [5.74, 6) is 0.368. The van der Waals surface area contributed by atoms with Gasteiger partial charge in [0.05, 0.1) is 10.6 Å². The van der Waals surface area contributed by atoms with E-state index in [1.54, 1.807) is 12.4 Å². The Balaban J connectivity index is 2.15. The van der Waals surface area contributed by atoms with E-state index in [9.17, 15) is 0 Å². The molecular formula is C12H16N4S. The second-order valence-corrected chi connectivity index (χ2v) is 5.13. The maximum absolute atomic E-state index is 6.22. The van der Waals surface area contributed by atoms with E-state index in [0.717, 1.165) is 17.0 Å². The molecule has 17 heavy (non-hydrogen) atoms. The quantitative estimate of drug-likeness (QED) is 0.901. The third kappa shape index (κ3) is 2.87. The van der Waals surface area contributed by atoms with Gasteiger partial charge in [-0.2, -0.15) is 0 Å². The second kappa shape index (κ2) is 5.33. The van der Waals surface area contributed by atoms with Crippen LogP contribution in [0, 0.1) is 0 Å². The lowest BCUT2D eigenvalue weighted by Crippen LogP contribution is -2.14. The molecule has 2 aromatic heterocycles. The van der Waals surface area contributed by atoms with Gasteiger partial charge in [-0.25, -0.2) is 0 Å². The third-order valence-corrected chi connectivity index (χ3v) is 3.50. The molecule has 0 amide bonds. The highest BCUT2D eigenvalue weighted by atomic mass is 32.1. The van der Waals surface area contributed by atoms with Gasteiger partial charge in [0, 0.05) is 18.4 Å². The Morgan fingerprint density at radius 1 is 1.29 bits per heavy atom. The summed E-state index contributed by atoms with van der Waals surface area (Å²) < 4.78 is 4.01. The summed E-state index contributed by atoms with van der Waals surface area (Å²) >= 11 is 1.40. The van der Waals surface area contributed by atoms with Crippen molar-refractivity contribution in [1.82, 2.24) is 14.6 Å². The Bertz CT molecular complexity index is 466. The maximum Gasteiger partial charge on any atom is 0.0829 e. The first kappa shape index (κ1) is 12.1.